The van der Waals surface area contributed by atoms with Crippen LogP contribution in [-0.2, 0) is 13.1 Å². The highest BCUT2D eigenvalue weighted by molar-refractivity contribution is 7.22. The van der Waals surface area contributed by atoms with Crippen molar-refractivity contribution in [1.82, 2.24) is 34.2 Å². The zero-order chi connectivity index (χ0) is 28.1. The van der Waals surface area contributed by atoms with Crippen molar-refractivity contribution in [3.05, 3.63) is 62.8 Å². The molecule has 0 radical (unpaired) electrons. The van der Waals surface area contributed by atoms with E-state index in [1.807, 2.05) is 27.7 Å². The van der Waals surface area contributed by atoms with E-state index < -0.39 is 40.7 Å². The summed E-state index contributed by atoms with van der Waals surface area (Å²) in [5.41, 5.74) is -0.716. The molecule has 1 N–H and O–H groups in total. The van der Waals surface area contributed by atoms with Crippen molar-refractivity contribution in [3.8, 4) is 10.4 Å². The van der Waals surface area contributed by atoms with Gasteiger partial charge < -0.3 is 10.0 Å². The standard InChI is InChI=1S/C26H30FN7O4S/c1-5-33-29-21(28-30-33)14-32-18-13-19(16-8-6-7-9-17(16)27)39-22(18)23(35)34(24(32)36)15-10-11-31(25(37)38)20(12-15)26(2,3)4/h6-9,13,15,20H,5,10-12,14H2,1-4H3,(H,37,38). The van der Waals surface area contributed by atoms with Gasteiger partial charge in [-0.2, -0.15) is 4.80 Å². The van der Waals surface area contributed by atoms with Gasteiger partial charge in [0.15, 0.2) is 5.82 Å². The van der Waals surface area contributed by atoms with Gasteiger partial charge in [0, 0.05) is 29.1 Å². The largest absolute Gasteiger partial charge is 0.465 e. The number of aryl methyl sites for hydroxylation is 1. The van der Waals surface area contributed by atoms with Crippen LogP contribution in [0.1, 0.15) is 52.4 Å². The Bertz CT molecular complexity index is 1670. The van der Waals surface area contributed by atoms with Crippen LogP contribution >= 0.6 is 11.3 Å². The first-order valence-corrected chi connectivity index (χ1v) is 13.6. The maximum atomic E-state index is 14.7. The van der Waals surface area contributed by atoms with Crippen molar-refractivity contribution < 1.29 is 14.3 Å². The summed E-state index contributed by atoms with van der Waals surface area (Å²) in [6.45, 7) is 8.38. The minimum absolute atomic E-state index is 0.0280. The molecule has 1 aliphatic heterocycles. The molecular weight excluding hydrogens is 525 g/mol. The Labute approximate surface area is 227 Å². The van der Waals surface area contributed by atoms with Crippen molar-refractivity contribution in [1.29, 1.82) is 0 Å². The summed E-state index contributed by atoms with van der Waals surface area (Å²) in [5, 5.41) is 22.1. The van der Waals surface area contributed by atoms with E-state index in [1.165, 1.54) is 24.9 Å². The zero-order valence-corrected chi connectivity index (χ0v) is 23.0. The van der Waals surface area contributed by atoms with Gasteiger partial charge in [-0.3, -0.25) is 13.9 Å². The molecule has 3 aromatic heterocycles. The van der Waals surface area contributed by atoms with Gasteiger partial charge in [0.1, 0.15) is 10.5 Å². The number of thiophene rings is 1. The normalized spacial score (nSPS) is 18.1. The smallest absolute Gasteiger partial charge is 0.407 e. The highest BCUT2D eigenvalue weighted by atomic mass is 32.1. The third-order valence-corrected chi connectivity index (χ3v) is 8.40. The van der Waals surface area contributed by atoms with Crippen LogP contribution in [0.3, 0.4) is 0 Å². The number of carboxylic acid groups (broad SMARTS) is 1. The van der Waals surface area contributed by atoms with E-state index in [1.54, 1.807) is 24.3 Å². The van der Waals surface area contributed by atoms with Crippen molar-refractivity contribution in [3.63, 3.8) is 0 Å². The first kappa shape index (κ1) is 26.7. The van der Waals surface area contributed by atoms with Crippen LogP contribution < -0.4 is 11.2 Å². The molecule has 1 aliphatic rings. The van der Waals surface area contributed by atoms with Crippen molar-refractivity contribution >= 4 is 27.6 Å². The van der Waals surface area contributed by atoms with Gasteiger partial charge in [-0.05, 0) is 42.5 Å². The Morgan fingerprint density at radius 1 is 1.23 bits per heavy atom. The quantitative estimate of drug-likeness (QED) is 0.397. The molecule has 0 aliphatic carbocycles. The Hall–Kier alpha value is -3.87. The number of halogens is 1. The minimum atomic E-state index is -1.02. The summed E-state index contributed by atoms with van der Waals surface area (Å²) in [5.74, 6) is -0.128. The molecule has 1 saturated heterocycles. The number of nitrogens with zero attached hydrogens (tertiary/aromatic N) is 7. The molecule has 4 heterocycles. The molecule has 2 atom stereocenters. The maximum absolute atomic E-state index is 14.7. The first-order chi connectivity index (χ1) is 18.5. The lowest BCUT2D eigenvalue weighted by Gasteiger charge is -2.44. The van der Waals surface area contributed by atoms with Gasteiger partial charge in [-0.1, -0.05) is 39.0 Å². The number of tetrazole rings is 1. The van der Waals surface area contributed by atoms with Crippen molar-refractivity contribution in [2.75, 3.05) is 6.54 Å². The molecule has 4 aromatic rings. The zero-order valence-electron chi connectivity index (χ0n) is 22.2. The lowest BCUT2D eigenvalue weighted by Crippen LogP contribution is -2.54. The van der Waals surface area contributed by atoms with E-state index in [9.17, 15) is 23.9 Å². The fourth-order valence-electron chi connectivity index (χ4n) is 5.28. The molecule has 39 heavy (non-hydrogen) atoms. The Morgan fingerprint density at radius 3 is 2.62 bits per heavy atom. The van der Waals surface area contributed by atoms with Crippen molar-refractivity contribution in [2.45, 2.75) is 65.7 Å². The van der Waals surface area contributed by atoms with Gasteiger partial charge in [0.25, 0.3) is 5.56 Å². The first-order valence-electron chi connectivity index (χ1n) is 12.8. The highest BCUT2D eigenvalue weighted by Gasteiger charge is 2.40. The summed E-state index contributed by atoms with van der Waals surface area (Å²) in [4.78, 5) is 43.2. The number of benzene rings is 1. The SMILES string of the molecule is CCn1nnc(Cn2c(=O)n(C3CCN(C(=O)O)C(C(C)(C)C)C3)c(=O)c3sc(-c4ccccc4F)cc32)n1. The summed E-state index contributed by atoms with van der Waals surface area (Å²) in [6.07, 6.45) is -0.395. The van der Waals surface area contributed by atoms with Crippen LogP contribution in [0.5, 0.6) is 0 Å². The van der Waals surface area contributed by atoms with Crippen LogP contribution in [0.4, 0.5) is 9.18 Å². The maximum Gasteiger partial charge on any atom is 0.407 e. The third-order valence-electron chi connectivity index (χ3n) is 7.25. The van der Waals surface area contributed by atoms with E-state index in [0.29, 0.717) is 45.9 Å². The number of amides is 1. The molecule has 5 rings (SSSR count). The Morgan fingerprint density at radius 2 is 1.97 bits per heavy atom. The molecule has 11 nitrogen and oxygen atoms in total. The molecule has 2 unspecified atom stereocenters. The van der Waals surface area contributed by atoms with Crippen LogP contribution in [0.25, 0.3) is 20.7 Å². The van der Waals surface area contributed by atoms with Crippen molar-refractivity contribution in [2.24, 2.45) is 5.41 Å². The number of hydrogen-bond donors (Lipinski definition) is 1. The van der Waals surface area contributed by atoms with Gasteiger partial charge in [0.05, 0.1) is 18.6 Å². The lowest BCUT2D eigenvalue weighted by atomic mass is 9.79. The van der Waals surface area contributed by atoms with E-state index in [0.717, 1.165) is 11.3 Å². The molecule has 13 heteroatoms. The summed E-state index contributed by atoms with van der Waals surface area (Å²) < 4.78 is 17.7. The number of hydrogen-bond acceptors (Lipinski definition) is 7. The number of fused-ring (bicyclic) bond motifs is 1. The topological polar surface area (TPSA) is 128 Å². The number of carbonyl (C=O) groups is 1. The van der Waals surface area contributed by atoms with Gasteiger partial charge in [-0.15, -0.1) is 21.5 Å². The Balaban J connectivity index is 1.69. The number of piperidine rings is 1. The predicted molar refractivity (Wildman–Crippen MR) is 145 cm³/mol. The fourth-order valence-corrected chi connectivity index (χ4v) is 6.40. The molecule has 0 bridgehead atoms. The molecule has 0 saturated carbocycles. The second-order valence-corrected chi connectivity index (χ2v) is 11.8. The number of rotatable bonds is 5. The Kier molecular flexibility index (Phi) is 6.87. The number of likely N-dealkylation sites (tertiary alicyclic amines) is 1. The van der Waals surface area contributed by atoms with E-state index in [2.05, 4.69) is 15.4 Å². The predicted octanol–water partition coefficient (Wildman–Crippen LogP) is 3.82. The summed E-state index contributed by atoms with van der Waals surface area (Å²) in [6, 6.07) is 7.02. The summed E-state index contributed by atoms with van der Waals surface area (Å²) in [7, 11) is 0. The fraction of sp³-hybridized carbons (Fsp3) is 0.462. The molecule has 1 amide bonds. The average Bonchev–Trinajstić information content (AvgIpc) is 3.54. The summed E-state index contributed by atoms with van der Waals surface area (Å²) >= 11 is 1.13. The van der Waals surface area contributed by atoms with E-state index in [-0.39, 0.29) is 13.1 Å². The molecular formula is C26H30FN7O4S. The molecule has 1 fully saturated rings. The second-order valence-electron chi connectivity index (χ2n) is 10.8. The van der Waals surface area contributed by atoms with Crippen LogP contribution in [0.15, 0.2) is 39.9 Å². The number of aromatic nitrogens is 6. The molecule has 1 aromatic carbocycles. The third kappa shape index (κ3) is 4.86. The van der Waals surface area contributed by atoms with E-state index >= 15 is 0 Å². The van der Waals surface area contributed by atoms with Crippen LogP contribution in [-0.4, -0.2) is 58.0 Å². The van der Waals surface area contributed by atoms with Crippen LogP contribution in [0.2, 0.25) is 0 Å². The lowest BCUT2D eigenvalue weighted by molar-refractivity contribution is 0.0414. The average molecular weight is 556 g/mol. The van der Waals surface area contributed by atoms with E-state index in [4.69, 9.17) is 0 Å². The van der Waals surface area contributed by atoms with Gasteiger partial charge in [-0.25, -0.2) is 14.0 Å². The molecule has 0 spiro atoms. The van der Waals surface area contributed by atoms with Crippen LogP contribution in [0, 0.1) is 11.2 Å². The monoisotopic (exact) mass is 555 g/mol. The van der Waals surface area contributed by atoms with Gasteiger partial charge in [0.2, 0.25) is 0 Å². The van der Waals surface area contributed by atoms with Gasteiger partial charge >= 0.3 is 11.8 Å². The minimum Gasteiger partial charge on any atom is -0.465 e. The highest BCUT2D eigenvalue weighted by Crippen LogP contribution is 2.37. The molecule has 206 valence electrons. The second kappa shape index (κ2) is 10.0.